The number of hydrogen-bond donors (Lipinski definition) is 3. The second-order valence-corrected chi connectivity index (χ2v) is 5.53. The van der Waals surface area contributed by atoms with Gasteiger partial charge in [-0.3, -0.25) is 4.79 Å². The highest BCUT2D eigenvalue weighted by Crippen LogP contribution is 2.36. The molecule has 0 radical (unpaired) electrons. The third-order valence-electron chi connectivity index (χ3n) is 3.47. The molecular weight excluding hydrogens is 274 g/mol. The Bertz CT molecular complexity index is 517. The summed E-state index contributed by atoms with van der Waals surface area (Å²) in [4.78, 5) is 13.9. The van der Waals surface area contributed by atoms with Crippen LogP contribution in [0.5, 0.6) is 5.75 Å². The molecule has 0 bridgehead atoms. The molecule has 2 rings (SSSR count). The van der Waals surface area contributed by atoms with E-state index in [4.69, 9.17) is 9.84 Å². The van der Waals surface area contributed by atoms with Crippen LogP contribution in [0.4, 0.5) is 5.69 Å². The summed E-state index contributed by atoms with van der Waals surface area (Å²) in [6, 6.07) is 5.10. The highest BCUT2D eigenvalue weighted by Gasteiger charge is 2.37. The Kier molecular flexibility index (Phi) is 4.82. The van der Waals surface area contributed by atoms with Gasteiger partial charge in [-0.2, -0.15) is 0 Å². The number of carbonyl (C=O) groups excluding carboxylic acids is 1. The van der Waals surface area contributed by atoms with Gasteiger partial charge in [0, 0.05) is 0 Å². The zero-order chi connectivity index (χ0) is 15.6. The largest absolute Gasteiger partial charge is 0.478 e. The van der Waals surface area contributed by atoms with E-state index in [1.165, 1.54) is 4.90 Å². The van der Waals surface area contributed by atoms with Crippen molar-refractivity contribution in [1.82, 2.24) is 0 Å². The summed E-state index contributed by atoms with van der Waals surface area (Å²) in [6.07, 6.45) is -1.64. The summed E-state index contributed by atoms with van der Waals surface area (Å²) >= 11 is 0. The summed E-state index contributed by atoms with van der Waals surface area (Å²) in [5.41, 5.74) is 1.16. The van der Waals surface area contributed by atoms with Crippen molar-refractivity contribution < 1.29 is 24.9 Å². The maximum absolute atomic E-state index is 12.5. The van der Waals surface area contributed by atoms with Crippen LogP contribution >= 0.6 is 0 Å². The Morgan fingerprint density at radius 3 is 2.62 bits per heavy atom. The first-order valence-corrected chi connectivity index (χ1v) is 6.98. The molecule has 0 saturated carbocycles. The van der Waals surface area contributed by atoms with Gasteiger partial charge in [0.2, 0.25) is 0 Å². The minimum atomic E-state index is -1.02. The normalized spacial score (nSPS) is 19.4. The van der Waals surface area contributed by atoms with Gasteiger partial charge in [-0.1, -0.05) is 19.9 Å². The number of carbonyl (C=O) groups is 1. The number of aliphatic hydroxyl groups excluding tert-OH is 3. The lowest BCUT2D eigenvalue weighted by molar-refractivity contribution is -0.128. The fourth-order valence-electron chi connectivity index (χ4n) is 2.31. The third kappa shape index (κ3) is 3.18. The second-order valence-electron chi connectivity index (χ2n) is 5.53. The molecule has 2 unspecified atom stereocenters. The molecule has 1 heterocycles. The van der Waals surface area contributed by atoms with Gasteiger partial charge in [0.25, 0.3) is 5.91 Å². The summed E-state index contributed by atoms with van der Waals surface area (Å²) in [7, 11) is 0. The predicted molar refractivity (Wildman–Crippen MR) is 77.1 cm³/mol. The first kappa shape index (κ1) is 15.8. The molecule has 3 N–H and O–H groups in total. The van der Waals surface area contributed by atoms with E-state index in [2.05, 4.69) is 0 Å². The van der Waals surface area contributed by atoms with Crippen molar-refractivity contribution in [2.24, 2.45) is 5.92 Å². The molecule has 1 amide bonds. The summed E-state index contributed by atoms with van der Waals surface area (Å²) in [5.74, 6) is 0.271. The Morgan fingerprint density at radius 1 is 1.33 bits per heavy atom. The van der Waals surface area contributed by atoms with Gasteiger partial charge in [0.1, 0.15) is 5.75 Å². The number of β-amino-alcohol motifs (C(OH)–C–C–N with tert-alkyl or cyclic N) is 1. The van der Waals surface area contributed by atoms with Gasteiger partial charge in [-0.15, -0.1) is 0 Å². The fourth-order valence-corrected chi connectivity index (χ4v) is 2.31. The average Bonchev–Trinajstić information content (AvgIpc) is 2.48. The third-order valence-corrected chi connectivity index (χ3v) is 3.47. The fraction of sp³-hybridized carbons (Fsp3) is 0.533. The van der Waals surface area contributed by atoms with Crippen LogP contribution in [-0.2, 0) is 11.4 Å². The maximum Gasteiger partial charge on any atom is 0.268 e. The van der Waals surface area contributed by atoms with Crippen molar-refractivity contribution in [1.29, 1.82) is 0 Å². The van der Waals surface area contributed by atoms with E-state index >= 15 is 0 Å². The molecule has 116 valence electrons. The maximum atomic E-state index is 12.5. The van der Waals surface area contributed by atoms with Crippen LogP contribution in [0.15, 0.2) is 18.2 Å². The number of fused-ring (bicyclic) bond motifs is 1. The smallest absolute Gasteiger partial charge is 0.268 e. The number of anilines is 1. The van der Waals surface area contributed by atoms with Gasteiger partial charge in [0.05, 0.1) is 31.5 Å². The Hall–Kier alpha value is -1.63. The molecule has 21 heavy (non-hydrogen) atoms. The molecule has 0 aromatic heterocycles. The SMILES string of the molecule is CC(C)C1Oc2ccc(CO)cc2N(CC(O)CO)C1=O. The van der Waals surface area contributed by atoms with E-state index < -0.39 is 18.8 Å². The van der Waals surface area contributed by atoms with Crippen molar-refractivity contribution in [3.8, 4) is 5.75 Å². The molecule has 1 aliphatic rings. The van der Waals surface area contributed by atoms with Crippen LogP contribution in [0.2, 0.25) is 0 Å². The minimum absolute atomic E-state index is 0.0101. The van der Waals surface area contributed by atoms with Gasteiger partial charge in [-0.25, -0.2) is 0 Å². The van der Waals surface area contributed by atoms with Gasteiger partial charge in [0.15, 0.2) is 6.10 Å². The molecule has 6 nitrogen and oxygen atoms in total. The quantitative estimate of drug-likeness (QED) is 0.726. The molecule has 1 aromatic carbocycles. The van der Waals surface area contributed by atoms with Crippen molar-refractivity contribution in [3.05, 3.63) is 23.8 Å². The van der Waals surface area contributed by atoms with Gasteiger partial charge < -0.3 is 25.0 Å². The summed E-state index contributed by atoms with van der Waals surface area (Å²) < 4.78 is 5.73. The zero-order valence-corrected chi connectivity index (χ0v) is 12.2. The van der Waals surface area contributed by atoms with E-state index in [0.29, 0.717) is 17.0 Å². The number of hydrogen-bond acceptors (Lipinski definition) is 5. The number of ether oxygens (including phenoxy) is 1. The lowest BCUT2D eigenvalue weighted by Crippen LogP contribution is -2.51. The molecule has 1 aliphatic heterocycles. The zero-order valence-electron chi connectivity index (χ0n) is 12.2. The van der Waals surface area contributed by atoms with Crippen molar-refractivity contribution in [3.63, 3.8) is 0 Å². The highest BCUT2D eigenvalue weighted by molar-refractivity contribution is 6.00. The molecular formula is C15H21NO5. The first-order valence-electron chi connectivity index (χ1n) is 6.98. The molecule has 0 saturated heterocycles. The molecule has 0 aliphatic carbocycles. The lowest BCUT2D eigenvalue weighted by Gasteiger charge is -2.37. The van der Waals surface area contributed by atoms with Gasteiger partial charge >= 0.3 is 0 Å². The number of benzene rings is 1. The number of rotatable bonds is 5. The summed E-state index contributed by atoms with van der Waals surface area (Å²) in [6.45, 7) is 3.19. The number of nitrogens with zero attached hydrogens (tertiary/aromatic N) is 1. The Morgan fingerprint density at radius 2 is 2.05 bits per heavy atom. The molecule has 0 fully saturated rings. The van der Waals surface area contributed by atoms with Crippen LogP contribution in [0.25, 0.3) is 0 Å². The highest BCUT2D eigenvalue weighted by atomic mass is 16.5. The van der Waals surface area contributed by atoms with E-state index in [-0.39, 0.29) is 25.0 Å². The van der Waals surface area contributed by atoms with Crippen LogP contribution in [-0.4, -0.2) is 46.6 Å². The Labute approximate surface area is 123 Å². The summed E-state index contributed by atoms with van der Waals surface area (Å²) in [5, 5.41) is 27.9. The lowest BCUT2D eigenvalue weighted by atomic mass is 10.0. The second kappa shape index (κ2) is 6.43. The first-order chi connectivity index (χ1) is 9.97. The van der Waals surface area contributed by atoms with Crippen molar-refractivity contribution >= 4 is 11.6 Å². The van der Waals surface area contributed by atoms with Crippen molar-refractivity contribution in [2.45, 2.75) is 32.7 Å². The van der Waals surface area contributed by atoms with Crippen LogP contribution in [0, 0.1) is 5.92 Å². The topological polar surface area (TPSA) is 90.2 Å². The van der Waals surface area contributed by atoms with Crippen LogP contribution in [0.3, 0.4) is 0 Å². The monoisotopic (exact) mass is 295 g/mol. The van der Waals surface area contributed by atoms with Gasteiger partial charge in [-0.05, 0) is 23.6 Å². The van der Waals surface area contributed by atoms with E-state index in [9.17, 15) is 15.0 Å². The molecule has 0 spiro atoms. The standard InChI is InChI=1S/C15H21NO5/c1-9(2)14-15(20)16(6-11(19)8-18)12-5-10(7-17)3-4-13(12)21-14/h3-5,9,11,14,17-19H,6-8H2,1-2H3. The molecule has 1 aromatic rings. The predicted octanol–water partition coefficient (Wildman–Crippen LogP) is 0.282. The minimum Gasteiger partial charge on any atom is -0.478 e. The average molecular weight is 295 g/mol. The van der Waals surface area contributed by atoms with Crippen molar-refractivity contribution in [2.75, 3.05) is 18.1 Å². The molecule has 6 heteroatoms. The number of aliphatic hydroxyl groups is 3. The van der Waals surface area contributed by atoms with E-state index in [1.54, 1.807) is 18.2 Å². The van der Waals surface area contributed by atoms with E-state index in [1.807, 2.05) is 13.8 Å². The number of amides is 1. The van der Waals surface area contributed by atoms with E-state index in [0.717, 1.165) is 0 Å². The van der Waals surface area contributed by atoms with Crippen LogP contribution < -0.4 is 9.64 Å². The molecule has 2 atom stereocenters. The Balaban J connectivity index is 2.42. The van der Waals surface area contributed by atoms with Crippen LogP contribution in [0.1, 0.15) is 19.4 Å².